The van der Waals surface area contributed by atoms with Gasteiger partial charge in [-0.3, -0.25) is 0 Å². The summed E-state index contributed by atoms with van der Waals surface area (Å²) in [4.78, 5) is 0.498. The lowest BCUT2D eigenvalue weighted by molar-refractivity contribution is 0.494. The molecule has 0 aromatic heterocycles. The van der Waals surface area contributed by atoms with E-state index in [0.717, 1.165) is 17.9 Å². The molecule has 1 atom stereocenters. The van der Waals surface area contributed by atoms with Crippen molar-refractivity contribution in [2.45, 2.75) is 43.4 Å². The van der Waals surface area contributed by atoms with Crippen LogP contribution in [0.15, 0.2) is 24.3 Å². The Morgan fingerprint density at radius 3 is 2.75 bits per heavy atom. The van der Waals surface area contributed by atoms with Crippen molar-refractivity contribution in [2.24, 2.45) is 5.92 Å². The van der Waals surface area contributed by atoms with Crippen molar-refractivity contribution in [1.29, 1.82) is 0 Å². The first kappa shape index (κ1) is 12.1. The number of benzene rings is 1. The lowest BCUT2D eigenvalue weighted by Crippen LogP contribution is -2.08. The molecule has 1 aliphatic rings. The average Bonchev–Trinajstić information content (AvgIpc) is 2.70. The van der Waals surface area contributed by atoms with Crippen LogP contribution < -0.4 is 0 Å². The molecule has 16 heavy (non-hydrogen) atoms. The molecule has 0 heterocycles. The lowest BCUT2D eigenvalue weighted by Gasteiger charge is -2.14. The minimum atomic E-state index is -0.127. The van der Waals surface area contributed by atoms with Gasteiger partial charge in [-0.25, -0.2) is 4.39 Å². The van der Waals surface area contributed by atoms with E-state index in [-0.39, 0.29) is 5.82 Å². The highest BCUT2D eigenvalue weighted by Gasteiger charge is 2.18. The van der Waals surface area contributed by atoms with E-state index in [2.05, 4.69) is 15.9 Å². The highest BCUT2D eigenvalue weighted by molar-refractivity contribution is 9.09. The van der Waals surface area contributed by atoms with Crippen molar-refractivity contribution in [3.05, 3.63) is 35.6 Å². The Morgan fingerprint density at radius 2 is 2.06 bits per heavy atom. The number of halogens is 2. The van der Waals surface area contributed by atoms with Gasteiger partial charge in [0.2, 0.25) is 0 Å². The van der Waals surface area contributed by atoms with Crippen LogP contribution in [-0.4, -0.2) is 4.83 Å². The van der Waals surface area contributed by atoms with Crippen LogP contribution in [0.4, 0.5) is 4.39 Å². The summed E-state index contributed by atoms with van der Waals surface area (Å²) in [6, 6.07) is 6.94. The predicted molar refractivity (Wildman–Crippen MR) is 69.4 cm³/mol. The molecule has 0 radical (unpaired) electrons. The van der Waals surface area contributed by atoms with Crippen LogP contribution in [0.1, 0.15) is 37.7 Å². The number of alkyl halides is 1. The van der Waals surface area contributed by atoms with Gasteiger partial charge in [0.25, 0.3) is 0 Å². The Kier molecular flexibility index (Phi) is 4.39. The van der Waals surface area contributed by atoms with Gasteiger partial charge in [0, 0.05) is 4.83 Å². The minimum absolute atomic E-state index is 0.127. The maximum atomic E-state index is 13.0. The van der Waals surface area contributed by atoms with Crippen LogP contribution in [0.2, 0.25) is 0 Å². The summed E-state index contributed by atoms with van der Waals surface area (Å²) >= 11 is 3.73. The lowest BCUT2D eigenvalue weighted by atomic mass is 9.98. The predicted octanol–water partition coefficient (Wildman–Crippen LogP) is 4.71. The van der Waals surface area contributed by atoms with Crippen LogP contribution in [0.5, 0.6) is 0 Å². The summed E-state index contributed by atoms with van der Waals surface area (Å²) in [5.74, 6) is 0.760. The van der Waals surface area contributed by atoms with Gasteiger partial charge in [0.15, 0.2) is 0 Å². The van der Waals surface area contributed by atoms with Gasteiger partial charge in [-0.2, -0.15) is 0 Å². The Balaban J connectivity index is 1.84. The molecule has 1 aliphatic carbocycles. The zero-order valence-corrected chi connectivity index (χ0v) is 11.0. The third kappa shape index (κ3) is 3.58. The Bertz CT molecular complexity index is 331. The standard InChI is InChI=1S/C14H18BrF/c15-13(8-11-4-1-2-5-11)9-12-6-3-7-14(16)10-12/h3,6-7,10-11,13H,1-2,4-5,8-9H2. The van der Waals surface area contributed by atoms with Crippen molar-refractivity contribution in [1.82, 2.24) is 0 Å². The Labute approximate surface area is 105 Å². The molecule has 2 heteroatoms. The van der Waals surface area contributed by atoms with Gasteiger partial charge in [-0.05, 0) is 36.5 Å². The summed E-state index contributed by atoms with van der Waals surface area (Å²) in [5.41, 5.74) is 1.10. The normalized spacial score (nSPS) is 18.9. The SMILES string of the molecule is Fc1cccc(CC(Br)CC2CCCC2)c1. The van der Waals surface area contributed by atoms with Crippen molar-refractivity contribution >= 4 is 15.9 Å². The monoisotopic (exact) mass is 284 g/mol. The van der Waals surface area contributed by atoms with Gasteiger partial charge in [0.1, 0.15) is 5.82 Å². The molecule has 1 unspecified atom stereocenters. The summed E-state index contributed by atoms with van der Waals surface area (Å²) in [7, 11) is 0. The van der Waals surface area contributed by atoms with Crippen LogP contribution in [-0.2, 0) is 6.42 Å². The first-order valence-corrected chi connectivity index (χ1v) is 7.04. The topological polar surface area (TPSA) is 0 Å². The fraction of sp³-hybridized carbons (Fsp3) is 0.571. The highest BCUT2D eigenvalue weighted by Crippen LogP contribution is 2.31. The summed E-state index contributed by atoms with van der Waals surface area (Å²) < 4.78 is 13.0. The molecule has 0 saturated heterocycles. The smallest absolute Gasteiger partial charge is 0.123 e. The fourth-order valence-electron chi connectivity index (χ4n) is 2.61. The van der Waals surface area contributed by atoms with Crippen molar-refractivity contribution in [3.8, 4) is 0 Å². The van der Waals surface area contributed by atoms with Crippen LogP contribution >= 0.6 is 15.9 Å². The van der Waals surface area contributed by atoms with E-state index in [1.807, 2.05) is 6.07 Å². The first-order valence-electron chi connectivity index (χ1n) is 6.12. The Hall–Kier alpha value is -0.370. The summed E-state index contributed by atoms with van der Waals surface area (Å²) in [5, 5.41) is 0. The molecule has 0 aliphatic heterocycles. The second kappa shape index (κ2) is 5.81. The minimum Gasteiger partial charge on any atom is -0.207 e. The van der Waals surface area contributed by atoms with Gasteiger partial charge in [-0.1, -0.05) is 53.7 Å². The van der Waals surface area contributed by atoms with E-state index < -0.39 is 0 Å². The fourth-order valence-corrected chi connectivity index (χ4v) is 3.51. The third-order valence-corrected chi connectivity index (χ3v) is 4.11. The molecule has 1 aromatic carbocycles. The quantitative estimate of drug-likeness (QED) is 0.703. The molecule has 1 aromatic rings. The first-order chi connectivity index (χ1) is 7.74. The van der Waals surface area contributed by atoms with Crippen molar-refractivity contribution in [2.75, 3.05) is 0 Å². The van der Waals surface area contributed by atoms with Gasteiger partial charge in [0.05, 0.1) is 0 Å². The molecular weight excluding hydrogens is 267 g/mol. The average molecular weight is 285 g/mol. The maximum Gasteiger partial charge on any atom is 0.123 e. The molecule has 2 rings (SSSR count). The van der Waals surface area contributed by atoms with Crippen LogP contribution in [0.25, 0.3) is 0 Å². The van der Waals surface area contributed by atoms with Gasteiger partial charge >= 0.3 is 0 Å². The number of rotatable bonds is 4. The molecule has 0 spiro atoms. The number of hydrogen-bond donors (Lipinski definition) is 0. The summed E-state index contributed by atoms with van der Waals surface area (Å²) in [6.07, 6.45) is 7.72. The largest absolute Gasteiger partial charge is 0.207 e. The van der Waals surface area contributed by atoms with Crippen LogP contribution in [0, 0.1) is 11.7 Å². The van der Waals surface area contributed by atoms with E-state index in [0.29, 0.717) is 4.83 Å². The molecule has 1 saturated carbocycles. The molecule has 1 fully saturated rings. The molecule has 0 amide bonds. The number of hydrogen-bond acceptors (Lipinski definition) is 0. The van der Waals surface area contributed by atoms with E-state index in [1.54, 1.807) is 12.1 Å². The summed E-state index contributed by atoms with van der Waals surface area (Å²) in [6.45, 7) is 0. The second-order valence-corrected chi connectivity index (χ2v) is 6.11. The Morgan fingerprint density at radius 1 is 1.31 bits per heavy atom. The van der Waals surface area contributed by atoms with Crippen molar-refractivity contribution in [3.63, 3.8) is 0 Å². The molecule has 88 valence electrons. The van der Waals surface area contributed by atoms with E-state index in [4.69, 9.17) is 0 Å². The van der Waals surface area contributed by atoms with E-state index in [1.165, 1.54) is 38.2 Å². The molecule has 0 bridgehead atoms. The second-order valence-electron chi connectivity index (χ2n) is 4.82. The molecular formula is C14H18BrF. The third-order valence-electron chi connectivity index (χ3n) is 3.41. The molecule has 0 N–H and O–H groups in total. The highest BCUT2D eigenvalue weighted by atomic mass is 79.9. The van der Waals surface area contributed by atoms with Gasteiger partial charge in [-0.15, -0.1) is 0 Å². The zero-order chi connectivity index (χ0) is 11.4. The van der Waals surface area contributed by atoms with Crippen LogP contribution in [0.3, 0.4) is 0 Å². The van der Waals surface area contributed by atoms with Crippen molar-refractivity contribution < 1.29 is 4.39 Å². The maximum absolute atomic E-state index is 13.0. The zero-order valence-electron chi connectivity index (χ0n) is 9.46. The van der Waals surface area contributed by atoms with E-state index in [9.17, 15) is 4.39 Å². The van der Waals surface area contributed by atoms with E-state index >= 15 is 0 Å². The molecule has 0 nitrogen and oxygen atoms in total. The van der Waals surface area contributed by atoms with Gasteiger partial charge < -0.3 is 0 Å².